The topological polar surface area (TPSA) is 79.3 Å². The number of carbonyl (C=O) groups is 2. The van der Waals surface area contributed by atoms with Crippen LogP contribution in [0.5, 0.6) is 11.5 Å². The molecule has 1 saturated heterocycles. The molecule has 0 saturated carbocycles. The number of Topliss-reactive ketones (excluding diaryl/α,β-unsaturated/α-hetero) is 1. The summed E-state index contributed by atoms with van der Waals surface area (Å²) in [6, 6.07) is 21.8. The molecule has 7 heteroatoms. The Kier molecular flexibility index (Phi) is 10.8. The number of hydrogen-bond donors (Lipinski definition) is 1. The maximum absolute atomic E-state index is 13.4. The van der Waals surface area contributed by atoms with Crippen LogP contribution in [0.3, 0.4) is 0 Å². The number of unbranched alkanes of at least 4 members (excludes halogenated alkanes) is 1. The molecule has 0 aromatic heterocycles. The number of rotatable bonds is 14. The Bertz CT molecular complexity index is 1380. The summed E-state index contributed by atoms with van der Waals surface area (Å²) in [6.45, 7) is 12.0. The van der Waals surface area contributed by atoms with Gasteiger partial charge in [-0.25, -0.2) is 0 Å². The first-order valence-electron chi connectivity index (χ1n) is 14.9. The van der Waals surface area contributed by atoms with Gasteiger partial charge in [0, 0.05) is 18.7 Å². The summed E-state index contributed by atoms with van der Waals surface area (Å²) < 4.78 is 11.8. The summed E-state index contributed by atoms with van der Waals surface area (Å²) in [7, 11) is 0. The minimum absolute atomic E-state index is 0.0905. The predicted octanol–water partition coefficient (Wildman–Crippen LogP) is 6.52. The molecule has 1 fully saturated rings. The van der Waals surface area contributed by atoms with Crippen molar-refractivity contribution in [2.75, 3.05) is 32.8 Å². The molecule has 0 aliphatic carbocycles. The summed E-state index contributed by atoms with van der Waals surface area (Å²) in [5.74, 6) is -0.106. The molecular weight excluding hydrogens is 528 g/mol. The smallest absolute Gasteiger partial charge is 0.295 e. The molecule has 1 N–H and O–H groups in total. The summed E-state index contributed by atoms with van der Waals surface area (Å²) in [6.07, 6.45) is 2.00. The lowest BCUT2D eigenvalue weighted by Crippen LogP contribution is -2.38. The second-order valence-corrected chi connectivity index (χ2v) is 10.5. The fourth-order valence-electron chi connectivity index (χ4n) is 5.12. The van der Waals surface area contributed by atoms with Crippen LogP contribution in [-0.2, 0) is 16.2 Å². The van der Waals surface area contributed by atoms with Crippen LogP contribution < -0.4 is 9.47 Å². The molecule has 1 aliphatic heterocycles. The molecule has 1 amide bonds. The molecule has 3 aromatic carbocycles. The van der Waals surface area contributed by atoms with E-state index in [1.807, 2.05) is 55.5 Å². The Hall–Kier alpha value is -4.10. The summed E-state index contributed by atoms with van der Waals surface area (Å²) in [4.78, 5) is 30.5. The average molecular weight is 571 g/mol. The van der Waals surface area contributed by atoms with Gasteiger partial charge < -0.3 is 24.4 Å². The predicted molar refractivity (Wildman–Crippen MR) is 166 cm³/mol. The zero-order valence-corrected chi connectivity index (χ0v) is 25.1. The van der Waals surface area contributed by atoms with Crippen molar-refractivity contribution in [2.45, 2.75) is 53.2 Å². The number of carbonyl (C=O) groups excluding carboxylic acids is 2. The number of aryl methyl sites for hydroxylation is 1. The van der Waals surface area contributed by atoms with E-state index in [1.165, 1.54) is 0 Å². The van der Waals surface area contributed by atoms with Crippen LogP contribution in [0.1, 0.15) is 61.9 Å². The molecule has 3 aromatic rings. The Morgan fingerprint density at radius 1 is 0.881 bits per heavy atom. The van der Waals surface area contributed by atoms with Gasteiger partial charge in [0.15, 0.2) is 0 Å². The maximum Gasteiger partial charge on any atom is 0.295 e. The average Bonchev–Trinajstić information content (AvgIpc) is 3.26. The third kappa shape index (κ3) is 7.21. The number of amides is 1. The third-order valence-electron chi connectivity index (χ3n) is 7.84. The first-order chi connectivity index (χ1) is 20.4. The van der Waals surface area contributed by atoms with Crippen molar-refractivity contribution in [3.63, 3.8) is 0 Å². The van der Waals surface area contributed by atoms with Crippen LogP contribution in [0.15, 0.2) is 78.4 Å². The first-order valence-corrected chi connectivity index (χ1v) is 14.9. The van der Waals surface area contributed by atoms with E-state index in [0.29, 0.717) is 37.6 Å². The molecule has 7 nitrogen and oxygen atoms in total. The van der Waals surface area contributed by atoms with Crippen LogP contribution >= 0.6 is 0 Å². The lowest BCUT2D eigenvalue weighted by Gasteiger charge is -2.28. The fourth-order valence-corrected chi connectivity index (χ4v) is 5.12. The molecule has 42 heavy (non-hydrogen) atoms. The van der Waals surface area contributed by atoms with Gasteiger partial charge in [-0.05, 0) is 79.5 Å². The highest BCUT2D eigenvalue weighted by molar-refractivity contribution is 6.46. The highest BCUT2D eigenvalue weighted by Crippen LogP contribution is 2.40. The fraction of sp³-hybridized carbons (Fsp3) is 0.371. The van der Waals surface area contributed by atoms with Gasteiger partial charge in [0.2, 0.25) is 0 Å². The number of likely N-dealkylation sites (N-methyl/N-ethyl adjacent to an activating group) is 1. The molecular formula is C35H42N2O5. The van der Waals surface area contributed by atoms with Crippen molar-refractivity contribution in [1.29, 1.82) is 0 Å². The van der Waals surface area contributed by atoms with Crippen molar-refractivity contribution in [1.82, 2.24) is 9.80 Å². The zero-order valence-electron chi connectivity index (χ0n) is 25.1. The number of aliphatic hydroxyl groups is 1. The van der Waals surface area contributed by atoms with E-state index < -0.39 is 17.7 Å². The Labute approximate surface area is 249 Å². The number of hydrogen-bond acceptors (Lipinski definition) is 6. The van der Waals surface area contributed by atoms with Crippen LogP contribution in [0.2, 0.25) is 0 Å². The van der Waals surface area contributed by atoms with E-state index in [4.69, 9.17) is 9.47 Å². The number of ketones is 1. The van der Waals surface area contributed by atoms with Crippen LogP contribution in [0.25, 0.3) is 5.76 Å². The van der Waals surface area contributed by atoms with Gasteiger partial charge in [0.1, 0.15) is 23.9 Å². The minimum Gasteiger partial charge on any atom is -0.507 e. The van der Waals surface area contributed by atoms with Crippen molar-refractivity contribution in [3.8, 4) is 11.5 Å². The van der Waals surface area contributed by atoms with Gasteiger partial charge in [-0.3, -0.25) is 9.59 Å². The van der Waals surface area contributed by atoms with Gasteiger partial charge >= 0.3 is 0 Å². The lowest BCUT2D eigenvalue weighted by atomic mass is 9.95. The third-order valence-corrected chi connectivity index (χ3v) is 7.84. The molecule has 0 radical (unpaired) electrons. The van der Waals surface area contributed by atoms with Crippen molar-refractivity contribution in [3.05, 3.63) is 101 Å². The second kappa shape index (κ2) is 14.7. The van der Waals surface area contributed by atoms with E-state index in [-0.39, 0.29) is 11.3 Å². The van der Waals surface area contributed by atoms with Gasteiger partial charge in [-0.2, -0.15) is 0 Å². The number of ether oxygens (including phenoxy) is 2. The molecule has 0 bridgehead atoms. The largest absolute Gasteiger partial charge is 0.507 e. The first kappa shape index (κ1) is 30.8. The van der Waals surface area contributed by atoms with Crippen LogP contribution in [-0.4, -0.2) is 59.4 Å². The second-order valence-electron chi connectivity index (χ2n) is 10.5. The quantitative estimate of drug-likeness (QED) is 0.103. The van der Waals surface area contributed by atoms with Crippen molar-refractivity contribution < 1.29 is 24.2 Å². The molecule has 222 valence electrons. The number of nitrogens with zero attached hydrogens (tertiary/aromatic N) is 2. The van der Waals surface area contributed by atoms with E-state index in [0.717, 1.165) is 48.4 Å². The summed E-state index contributed by atoms with van der Waals surface area (Å²) in [5, 5.41) is 11.5. The molecule has 0 spiro atoms. The summed E-state index contributed by atoms with van der Waals surface area (Å²) in [5.41, 5.74) is 3.53. The summed E-state index contributed by atoms with van der Waals surface area (Å²) >= 11 is 0. The number of likely N-dealkylation sites (tertiary alicyclic amines) is 1. The molecule has 1 aliphatic rings. The van der Waals surface area contributed by atoms with Crippen molar-refractivity contribution >= 4 is 17.4 Å². The number of benzene rings is 3. The lowest BCUT2D eigenvalue weighted by molar-refractivity contribution is -0.140. The zero-order chi connectivity index (χ0) is 30.1. The standard InChI is InChI=1S/C35H42N2O5/c1-5-8-23-41-29-17-13-26(14-18-29)32-31(34(39)35(40)37(32)22-21-36(6-2)7-3)33(38)27-15-19-30(20-16-27)42-24-28-12-10-9-11-25(28)4/h9-20,32,38H,5-8,21-24H2,1-4H3/b33-31+. The Morgan fingerprint density at radius 3 is 2.17 bits per heavy atom. The van der Waals surface area contributed by atoms with Gasteiger partial charge in [-0.1, -0.05) is 63.6 Å². The minimum atomic E-state index is -0.706. The molecule has 1 heterocycles. The van der Waals surface area contributed by atoms with E-state index in [2.05, 4.69) is 25.7 Å². The monoisotopic (exact) mass is 570 g/mol. The van der Waals surface area contributed by atoms with Crippen LogP contribution in [0.4, 0.5) is 0 Å². The highest BCUT2D eigenvalue weighted by atomic mass is 16.5. The Balaban J connectivity index is 1.63. The van der Waals surface area contributed by atoms with Crippen LogP contribution in [0, 0.1) is 6.92 Å². The molecule has 1 unspecified atom stereocenters. The maximum atomic E-state index is 13.4. The van der Waals surface area contributed by atoms with Gasteiger partial charge in [0.05, 0.1) is 18.2 Å². The molecule has 4 rings (SSSR count). The van der Waals surface area contributed by atoms with E-state index in [1.54, 1.807) is 29.2 Å². The molecule has 1 atom stereocenters. The SMILES string of the molecule is CCCCOc1ccc(C2/C(=C(\O)c3ccc(OCc4ccccc4C)cc3)C(=O)C(=O)N2CCN(CC)CC)cc1. The normalized spacial score (nSPS) is 16.3. The van der Waals surface area contributed by atoms with E-state index >= 15 is 0 Å². The number of aliphatic hydroxyl groups excluding tert-OH is 1. The van der Waals surface area contributed by atoms with Crippen molar-refractivity contribution in [2.24, 2.45) is 0 Å². The Morgan fingerprint density at radius 2 is 1.52 bits per heavy atom. The van der Waals surface area contributed by atoms with Gasteiger partial charge in [-0.15, -0.1) is 0 Å². The highest BCUT2D eigenvalue weighted by Gasteiger charge is 2.46. The van der Waals surface area contributed by atoms with E-state index in [9.17, 15) is 14.7 Å². The van der Waals surface area contributed by atoms with Gasteiger partial charge in [0.25, 0.3) is 11.7 Å².